The van der Waals surface area contributed by atoms with Gasteiger partial charge < -0.3 is 4.98 Å². The summed E-state index contributed by atoms with van der Waals surface area (Å²) in [7, 11) is 0. The number of nitrogens with one attached hydrogen (secondary N) is 1. The summed E-state index contributed by atoms with van der Waals surface area (Å²) >= 11 is 11.9. The van der Waals surface area contributed by atoms with Crippen LogP contribution in [-0.4, -0.2) is 4.98 Å². The Morgan fingerprint density at radius 3 is 2.24 bits per heavy atom. The zero-order chi connectivity index (χ0) is 12.0. The normalized spacial score (nSPS) is 11.2. The first-order valence-corrected chi connectivity index (χ1v) is 5.81. The first kappa shape index (κ1) is 10.6. The van der Waals surface area contributed by atoms with E-state index in [9.17, 15) is 4.79 Å². The van der Waals surface area contributed by atoms with Gasteiger partial charge in [-0.3, -0.25) is 4.79 Å². The third-order valence-electron chi connectivity index (χ3n) is 2.75. The molecule has 0 saturated carbocycles. The molecule has 0 unspecified atom stereocenters. The number of benzene rings is 2. The second-order valence-corrected chi connectivity index (χ2v) is 4.71. The molecule has 2 aromatic carbocycles. The van der Waals surface area contributed by atoms with Crippen LogP contribution in [0.2, 0.25) is 10.0 Å². The topological polar surface area (TPSA) is 32.9 Å². The highest BCUT2D eigenvalue weighted by Gasteiger charge is 2.05. The molecule has 1 aromatic heterocycles. The van der Waals surface area contributed by atoms with E-state index in [0.29, 0.717) is 15.4 Å². The van der Waals surface area contributed by atoms with Crippen LogP contribution in [0.4, 0.5) is 0 Å². The van der Waals surface area contributed by atoms with Gasteiger partial charge >= 0.3 is 0 Å². The summed E-state index contributed by atoms with van der Waals surface area (Å²) in [6.07, 6.45) is 0. The smallest absolute Gasteiger partial charge is 0.256 e. The van der Waals surface area contributed by atoms with Gasteiger partial charge in [-0.15, -0.1) is 0 Å². The molecule has 0 amide bonds. The molecule has 1 heterocycles. The molecule has 0 fully saturated rings. The highest BCUT2D eigenvalue weighted by atomic mass is 35.5. The van der Waals surface area contributed by atoms with Crippen molar-refractivity contribution in [3.63, 3.8) is 0 Å². The number of fused-ring (bicyclic) bond motifs is 3. The fraction of sp³-hybridized carbons (Fsp3) is 0. The van der Waals surface area contributed by atoms with E-state index in [2.05, 4.69) is 4.98 Å². The van der Waals surface area contributed by atoms with E-state index in [1.54, 1.807) is 30.3 Å². The molecule has 0 aliphatic carbocycles. The maximum atomic E-state index is 11.9. The number of aromatic nitrogens is 1. The molecule has 0 radical (unpaired) electrons. The molecule has 0 aliphatic heterocycles. The van der Waals surface area contributed by atoms with Gasteiger partial charge in [0.15, 0.2) is 0 Å². The lowest BCUT2D eigenvalue weighted by molar-refractivity contribution is 1.34. The SMILES string of the molecule is O=c1[nH]c2cc(Cl)ccc2c2cc(Cl)ccc12. The Balaban J connectivity index is 2.62. The number of pyridine rings is 1. The molecule has 1 N–H and O–H groups in total. The minimum Gasteiger partial charge on any atom is -0.321 e. The van der Waals surface area contributed by atoms with Crippen molar-refractivity contribution in [2.24, 2.45) is 0 Å². The first-order valence-electron chi connectivity index (χ1n) is 5.06. The molecule has 4 heteroatoms. The van der Waals surface area contributed by atoms with Crippen LogP contribution in [0.1, 0.15) is 0 Å². The van der Waals surface area contributed by atoms with E-state index >= 15 is 0 Å². The summed E-state index contributed by atoms with van der Waals surface area (Å²) in [4.78, 5) is 14.7. The Labute approximate surface area is 107 Å². The molecule has 0 spiro atoms. The van der Waals surface area contributed by atoms with Crippen molar-refractivity contribution in [1.82, 2.24) is 4.98 Å². The summed E-state index contributed by atoms with van der Waals surface area (Å²) in [6, 6.07) is 10.6. The lowest BCUT2D eigenvalue weighted by Crippen LogP contribution is -2.06. The fourth-order valence-electron chi connectivity index (χ4n) is 1.98. The van der Waals surface area contributed by atoms with E-state index in [0.717, 1.165) is 16.3 Å². The van der Waals surface area contributed by atoms with Crippen molar-refractivity contribution in [1.29, 1.82) is 0 Å². The average molecular weight is 264 g/mol. The van der Waals surface area contributed by atoms with E-state index in [1.807, 2.05) is 6.07 Å². The number of rotatable bonds is 0. The van der Waals surface area contributed by atoms with Crippen LogP contribution in [0.5, 0.6) is 0 Å². The highest BCUT2D eigenvalue weighted by Crippen LogP contribution is 2.25. The fourth-order valence-corrected chi connectivity index (χ4v) is 2.33. The summed E-state index contributed by atoms with van der Waals surface area (Å²) in [5.41, 5.74) is 0.587. The van der Waals surface area contributed by atoms with Crippen molar-refractivity contribution in [2.75, 3.05) is 0 Å². The highest BCUT2D eigenvalue weighted by molar-refractivity contribution is 6.32. The Morgan fingerprint density at radius 2 is 1.47 bits per heavy atom. The first-order chi connectivity index (χ1) is 8.15. The lowest BCUT2D eigenvalue weighted by atomic mass is 10.1. The van der Waals surface area contributed by atoms with Crippen LogP contribution in [-0.2, 0) is 0 Å². The summed E-state index contributed by atoms with van der Waals surface area (Å²) in [5, 5.41) is 3.61. The third-order valence-corrected chi connectivity index (χ3v) is 3.22. The minimum absolute atomic E-state index is 0.133. The predicted octanol–water partition coefficient (Wildman–Crippen LogP) is 3.99. The van der Waals surface area contributed by atoms with Crippen molar-refractivity contribution in [2.45, 2.75) is 0 Å². The molecule has 0 bridgehead atoms. The third kappa shape index (κ3) is 1.70. The molecular formula is C13H7Cl2NO. The maximum absolute atomic E-state index is 11.9. The monoisotopic (exact) mass is 263 g/mol. The molecule has 2 nitrogen and oxygen atoms in total. The summed E-state index contributed by atoms with van der Waals surface area (Å²) < 4.78 is 0. The Hall–Kier alpha value is -1.51. The van der Waals surface area contributed by atoms with Gasteiger partial charge in [-0.2, -0.15) is 0 Å². The quantitative estimate of drug-likeness (QED) is 0.612. The number of hydrogen-bond donors (Lipinski definition) is 1. The van der Waals surface area contributed by atoms with Gasteiger partial charge in [-0.05, 0) is 35.7 Å². The minimum atomic E-state index is -0.133. The Morgan fingerprint density at radius 1 is 0.824 bits per heavy atom. The van der Waals surface area contributed by atoms with Crippen LogP contribution in [0.25, 0.3) is 21.7 Å². The molecule has 0 saturated heterocycles. The average Bonchev–Trinajstić information content (AvgIpc) is 2.28. The zero-order valence-electron chi connectivity index (χ0n) is 8.63. The summed E-state index contributed by atoms with van der Waals surface area (Å²) in [6.45, 7) is 0. The van der Waals surface area contributed by atoms with Crippen LogP contribution in [0, 0.1) is 0 Å². The van der Waals surface area contributed by atoms with E-state index in [-0.39, 0.29) is 5.56 Å². The second kappa shape index (κ2) is 3.76. The Kier molecular flexibility index (Phi) is 2.35. The summed E-state index contributed by atoms with van der Waals surface area (Å²) in [5.74, 6) is 0. The second-order valence-electron chi connectivity index (χ2n) is 3.83. The molecule has 0 atom stereocenters. The largest absolute Gasteiger partial charge is 0.321 e. The van der Waals surface area contributed by atoms with E-state index in [1.165, 1.54) is 0 Å². The molecule has 84 valence electrons. The number of halogens is 2. The predicted molar refractivity (Wildman–Crippen MR) is 72.1 cm³/mol. The van der Waals surface area contributed by atoms with Crippen molar-refractivity contribution < 1.29 is 0 Å². The number of hydrogen-bond acceptors (Lipinski definition) is 1. The van der Waals surface area contributed by atoms with Gasteiger partial charge in [-0.25, -0.2) is 0 Å². The zero-order valence-corrected chi connectivity index (χ0v) is 10.1. The molecule has 17 heavy (non-hydrogen) atoms. The molecule has 0 aliphatic rings. The van der Waals surface area contributed by atoms with E-state index in [4.69, 9.17) is 23.2 Å². The van der Waals surface area contributed by atoms with Gasteiger partial charge in [0.25, 0.3) is 5.56 Å². The Bertz CT molecular complexity index is 792. The van der Waals surface area contributed by atoms with Crippen LogP contribution in [0.3, 0.4) is 0 Å². The van der Waals surface area contributed by atoms with Crippen LogP contribution in [0.15, 0.2) is 41.2 Å². The van der Waals surface area contributed by atoms with Gasteiger partial charge in [0, 0.05) is 20.8 Å². The molecular weight excluding hydrogens is 257 g/mol. The number of H-pyrrole nitrogens is 1. The molecule has 3 rings (SSSR count). The standard InChI is InChI=1S/C13H7Cl2NO/c14-7-2-4-10-11(5-7)9-3-1-8(15)6-12(9)16-13(10)17/h1-6H,(H,16,17). The van der Waals surface area contributed by atoms with Crippen molar-refractivity contribution in [3.05, 3.63) is 56.8 Å². The van der Waals surface area contributed by atoms with Gasteiger partial charge in [-0.1, -0.05) is 29.3 Å². The van der Waals surface area contributed by atoms with Crippen molar-refractivity contribution >= 4 is 44.9 Å². The lowest BCUT2D eigenvalue weighted by Gasteiger charge is -2.04. The van der Waals surface area contributed by atoms with Crippen LogP contribution < -0.4 is 5.56 Å². The maximum Gasteiger partial charge on any atom is 0.256 e. The molecule has 3 aromatic rings. The van der Waals surface area contributed by atoms with Crippen molar-refractivity contribution in [3.8, 4) is 0 Å². The van der Waals surface area contributed by atoms with Gasteiger partial charge in [0.1, 0.15) is 0 Å². The number of aromatic amines is 1. The van der Waals surface area contributed by atoms with Gasteiger partial charge in [0.2, 0.25) is 0 Å². The van der Waals surface area contributed by atoms with E-state index < -0.39 is 0 Å². The van der Waals surface area contributed by atoms with Gasteiger partial charge in [0.05, 0.1) is 5.52 Å². The van der Waals surface area contributed by atoms with Crippen LogP contribution >= 0.6 is 23.2 Å².